The topological polar surface area (TPSA) is 69.6 Å². The molecule has 1 amide bonds. The summed E-state index contributed by atoms with van der Waals surface area (Å²) in [6, 6.07) is -0.616. The van der Waals surface area contributed by atoms with Gasteiger partial charge >= 0.3 is 0 Å². The molecule has 4 heteroatoms. The molecule has 0 spiro atoms. The third-order valence-corrected chi connectivity index (χ3v) is 6.68. The average molecular weight is 494 g/mol. The molecule has 0 aliphatic heterocycles. The molecule has 0 heterocycles. The number of aliphatic hydroxyl groups is 2. The summed E-state index contributed by atoms with van der Waals surface area (Å²) in [4.78, 5) is 12.2. The first-order valence-electron chi connectivity index (χ1n) is 15.1. The van der Waals surface area contributed by atoms with Gasteiger partial charge in [-0.15, -0.1) is 0 Å². The first-order chi connectivity index (χ1) is 17.2. The SMILES string of the molecule is CCCCCC/C=C/C(O)C(CO)NC(=O)CCCCCCCCC/C=C\CCCCCCCC. The maximum absolute atomic E-state index is 12.2. The highest BCUT2D eigenvalue weighted by molar-refractivity contribution is 5.76. The third kappa shape index (κ3) is 24.3. The second-order valence-electron chi connectivity index (χ2n) is 10.2. The normalized spacial score (nSPS) is 13.6. The maximum Gasteiger partial charge on any atom is 0.220 e. The molecular formula is C31H59NO3. The van der Waals surface area contributed by atoms with Gasteiger partial charge in [-0.1, -0.05) is 122 Å². The van der Waals surface area contributed by atoms with Gasteiger partial charge in [-0.05, 0) is 44.9 Å². The minimum atomic E-state index is -0.833. The van der Waals surface area contributed by atoms with E-state index in [2.05, 4.69) is 31.3 Å². The maximum atomic E-state index is 12.2. The van der Waals surface area contributed by atoms with Gasteiger partial charge in [-0.3, -0.25) is 4.79 Å². The zero-order valence-electron chi connectivity index (χ0n) is 23.3. The van der Waals surface area contributed by atoms with Gasteiger partial charge in [0.15, 0.2) is 0 Å². The molecule has 0 rings (SSSR count). The molecule has 0 aromatic heterocycles. The number of nitrogens with one attached hydrogen (secondary N) is 1. The Hall–Kier alpha value is -1.13. The van der Waals surface area contributed by atoms with Gasteiger partial charge in [-0.2, -0.15) is 0 Å². The van der Waals surface area contributed by atoms with Crippen LogP contribution in [-0.2, 0) is 4.79 Å². The van der Waals surface area contributed by atoms with Crippen molar-refractivity contribution >= 4 is 5.91 Å². The van der Waals surface area contributed by atoms with Gasteiger partial charge in [0.2, 0.25) is 5.91 Å². The monoisotopic (exact) mass is 493 g/mol. The first kappa shape index (κ1) is 33.9. The molecule has 3 N–H and O–H groups in total. The van der Waals surface area contributed by atoms with E-state index in [9.17, 15) is 15.0 Å². The fraction of sp³-hybridized carbons (Fsp3) is 0.839. The Kier molecular flexibility index (Phi) is 26.6. The Morgan fingerprint density at radius 3 is 1.60 bits per heavy atom. The molecule has 0 aromatic carbocycles. The molecule has 4 nitrogen and oxygen atoms in total. The molecule has 0 radical (unpaired) electrons. The van der Waals surface area contributed by atoms with E-state index in [1.54, 1.807) is 6.08 Å². The van der Waals surface area contributed by atoms with Crippen LogP contribution in [0.15, 0.2) is 24.3 Å². The molecule has 2 unspecified atom stereocenters. The lowest BCUT2D eigenvalue weighted by atomic mass is 10.1. The van der Waals surface area contributed by atoms with Crippen molar-refractivity contribution in [2.45, 2.75) is 161 Å². The zero-order chi connectivity index (χ0) is 25.8. The van der Waals surface area contributed by atoms with Crippen LogP contribution in [-0.4, -0.2) is 34.9 Å². The quantitative estimate of drug-likeness (QED) is 0.0840. The van der Waals surface area contributed by atoms with Crippen molar-refractivity contribution in [3.63, 3.8) is 0 Å². The number of unbranched alkanes of at least 4 members (excludes halogenated alkanes) is 17. The molecule has 35 heavy (non-hydrogen) atoms. The minimum Gasteiger partial charge on any atom is -0.394 e. The Balaban J connectivity index is 3.59. The van der Waals surface area contributed by atoms with Crippen molar-refractivity contribution in [3.8, 4) is 0 Å². The average Bonchev–Trinajstić information content (AvgIpc) is 2.86. The van der Waals surface area contributed by atoms with Crippen LogP contribution in [0, 0.1) is 0 Å². The Morgan fingerprint density at radius 1 is 0.657 bits per heavy atom. The van der Waals surface area contributed by atoms with E-state index in [-0.39, 0.29) is 12.5 Å². The van der Waals surface area contributed by atoms with Crippen LogP contribution in [0.2, 0.25) is 0 Å². The van der Waals surface area contributed by atoms with Crippen molar-refractivity contribution in [1.29, 1.82) is 0 Å². The van der Waals surface area contributed by atoms with Gasteiger partial charge in [-0.25, -0.2) is 0 Å². The number of allylic oxidation sites excluding steroid dienone is 3. The van der Waals surface area contributed by atoms with Crippen molar-refractivity contribution < 1.29 is 15.0 Å². The number of amides is 1. The van der Waals surface area contributed by atoms with Crippen LogP contribution in [0.5, 0.6) is 0 Å². The molecule has 0 fully saturated rings. The van der Waals surface area contributed by atoms with E-state index in [0.717, 1.165) is 25.7 Å². The molecule has 2 atom stereocenters. The summed E-state index contributed by atoms with van der Waals surface area (Å²) in [6.45, 7) is 4.21. The highest BCUT2D eigenvalue weighted by atomic mass is 16.3. The summed E-state index contributed by atoms with van der Waals surface area (Å²) < 4.78 is 0. The predicted octanol–water partition coefficient (Wildman–Crippen LogP) is 8.17. The van der Waals surface area contributed by atoms with Crippen LogP contribution >= 0.6 is 0 Å². The predicted molar refractivity (Wildman–Crippen MR) is 152 cm³/mol. The van der Waals surface area contributed by atoms with Gasteiger partial charge < -0.3 is 15.5 Å². The number of carbonyl (C=O) groups excluding carboxylic acids is 1. The molecular weight excluding hydrogens is 434 g/mol. The molecule has 0 saturated carbocycles. The summed E-state index contributed by atoms with van der Waals surface area (Å²) in [6.07, 6.45) is 32.6. The van der Waals surface area contributed by atoms with Crippen LogP contribution < -0.4 is 5.32 Å². The van der Waals surface area contributed by atoms with Gasteiger partial charge in [0.25, 0.3) is 0 Å². The number of hydrogen-bond donors (Lipinski definition) is 3. The number of hydrogen-bond acceptors (Lipinski definition) is 3. The number of rotatable bonds is 26. The lowest BCUT2D eigenvalue weighted by molar-refractivity contribution is -0.123. The van der Waals surface area contributed by atoms with Crippen LogP contribution in [0.4, 0.5) is 0 Å². The molecule has 0 aromatic rings. The van der Waals surface area contributed by atoms with Crippen LogP contribution in [0.3, 0.4) is 0 Å². The van der Waals surface area contributed by atoms with E-state index < -0.39 is 12.1 Å². The molecule has 0 aliphatic carbocycles. The van der Waals surface area contributed by atoms with E-state index in [1.165, 1.54) is 103 Å². The summed E-state index contributed by atoms with van der Waals surface area (Å²) in [5, 5.41) is 22.5. The van der Waals surface area contributed by atoms with Crippen LogP contribution in [0.1, 0.15) is 149 Å². The lowest BCUT2D eigenvalue weighted by Crippen LogP contribution is -2.45. The van der Waals surface area contributed by atoms with Gasteiger partial charge in [0, 0.05) is 6.42 Å². The smallest absolute Gasteiger partial charge is 0.220 e. The lowest BCUT2D eigenvalue weighted by Gasteiger charge is -2.20. The van der Waals surface area contributed by atoms with Crippen molar-refractivity contribution in [1.82, 2.24) is 5.32 Å². The first-order valence-corrected chi connectivity index (χ1v) is 15.1. The minimum absolute atomic E-state index is 0.0767. The van der Waals surface area contributed by atoms with E-state index in [4.69, 9.17) is 0 Å². The van der Waals surface area contributed by atoms with E-state index >= 15 is 0 Å². The molecule has 0 aliphatic rings. The fourth-order valence-electron chi connectivity index (χ4n) is 4.29. The third-order valence-electron chi connectivity index (χ3n) is 6.68. The van der Waals surface area contributed by atoms with Crippen molar-refractivity contribution in [3.05, 3.63) is 24.3 Å². The number of carbonyl (C=O) groups is 1. The standard InChI is InChI=1S/C31H59NO3/c1-3-5-7-9-11-12-13-14-15-16-17-18-19-20-21-23-25-27-31(35)32-29(28-33)30(34)26-24-22-10-8-6-4-2/h14-15,24,26,29-30,33-34H,3-13,16-23,25,27-28H2,1-2H3,(H,32,35)/b15-14-,26-24+. The van der Waals surface area contributed by atoms with Gasteiger partial charge in [0.1, 0.15) is 0 Å². The summed E-state index contributed by atoms with van der Waals surface area (Å²) in [5.74, 6) is -0.0767. The zero-order valence-corrected chi connectivity index (χ0v) is 23.3. The molecule has 0 saturated heterocycles. The molecule has 206 valence electrons. The summed E-state index contributed by atoms with van der Waals surface area (Å²) in [7, 11) is 0. The Bertz CT molecular complexity index is 503. The Morgan fingerprint density at radius 2 is 1.09 bits per heavy atom. The van der Waals surface area contributed by atoms with Crippen LogP contribution in [0.25, 0.3) is 0 Å². The highest BCUT2D eigenvalue weighted by Gasteiger charge is 2.17. The molecule has 0 bridgehead atoms. The highest BCUT2D eigenvalue weighted by Crippen LogP contribution is 2.11. The summed E-state index contributed by atoms with van der Waals surface area (Å²) in [5.41, 5.74) is 0. The Labute approximate surface area is 218 Å². The van der Waals surface area contributed by atoms with E-state index in [1.807, 2.05) is 6.08 Å². The largest absolute Gasteiger partial charge is 0.394 e. The van der Waals surface area contributed by atoms with Gasteiger partial charge in [0.05, 0.1) is 18.8 Å². The number of aliphatic hydroxyl groups excluding tert-OH is 2. The second kappa shape index (κ2) is 27.5. The summed E-state index contributed by atoms with van der Waals surface area (Å²) >= 11 is 0. The van der Waals surface area contributed by atoms with Crippen molar-refractivity contribution in [2.24, 2.45) is 0 Å². The fourth-order valence-corrected chi connectivity index (χ4v) is 4.29. The van der Waals surface area contributed by atoms with Crippen molar-refractivity contribution in [2.75, 3.05) is 6.61 Å². The van der Waals surface area contributed by atoms with E-state index in [0.29, 0.717) is 6.42 Å². The second-order valence-corrected chi connectivity index (χ2v) is 10.2.